The Hall–Kier alpha value is -4.05. The number of amides is 2. The topological polar surface area (TPSA) is 144 Å². The molecule has 3 saturated heterocycles. The number of nitrogens with zero attached hydrogens (tertiary/aromatic N) is 6. The number of ether oxygens (including phenoxy) is 2. The van der Waals surface area contributed by atoms with E-state index in [-0.39, 0.29) is 48.6 Å². The fourth-order valence-corrected chi connectivity index (χ4v) is 9.19. The summed E-state index contributed by atoms with van der Waals surface area (Å²) in [6, 6.07) is 12.7. The first kappa shape index (κ1) is 34.4. The Kier molecular flexibility index (Phi) is 10.1. The summed E-state index contributed by atoms with van der Waals surface area (Å²) in [5.74, 6) is -0.163. The van der Waals surface area contributed by atoms with Gasteiger partial charge in [0.15, 0.2) is 0 Å². The molecular formula is C35H39ClN7O6S+. The lowest BCUT2D eigenvalue weighted by atomic mass is 10.0. The Balaban J connectivity index is 1.32. The maximum absolute atomic E-state index is 15.2. The number of quaternary nitrogens is 1. The van der Waals surface area contributed by atoms with E-state index in [2.05, 4.69) is 10.3 Å². The number of morpholine rings is 2. The molecule has 0 aliphatic carbocycles. The Labute approximate surface area is 295 Å². The highest BCUT2D eigenvalue weighted by Gasteiger charge is 2.54. The van der Waals surface area contributed by atoms with Crippen molar-refractivity contribution in [3.8, 4) is 11.1 Å². The molecule has 262 valence electrons. The van der Waals surface area contributed by atoms with Gasteiger partial charge in [-0.25, -0.2) is 0 Å². The van der Waals surface area contributed by atoms with Crippen LogP contribution in [0.2, 0.25) is 5.02 Å². The highest BCUT2D eigenvalue weighted by Crippen LogP contribution is 2.36. The quantitative estimate of drug-likeness (QED) is 0.270. The molecule has 3 aliphatic rings. The molecule has 5 heterocycles. The molecule has 0 saturated carbocycles. The minimum absolute atomic E-state index is 0.0308. The number of halogens is 1. The van der Waals surface area contributed by atoms with Gasteiger partial charge in [-0.2, -0.15) is 18.4 Å². The third-order valence-electron chi connectivity index (χ3n) is 9.62. The number of pyridine rings is 1. The number of rotatable bonds is 8. The predicted octanol–water partition coefficient (Wildman–Crippen LogP) is 2.88. The number of sulfonamides is 1. The first-order valence-electron chi connectivity index (χ1n) is 16.7. The van der Waals surface area contributed by atoms with Gasteiger partial charge in [-0.15, -0.1) is 3.89 Å². The van der Waals surface area contributed by atoms with Crippen molar-refractivity contribution in [3.05, 3.63) is 78.3 Å². The van der Waals surface area contributed by atoms with Gasteiger partial charge in [0, 0.05) is 74.4 Å². The van der Waals surface area contributed by atoms with E-state index in [0.717, 1.165) is 10.9 Å². The third-order valence-corrected chi connectivity index (χ3v) is 12.1. The molecule has 3 fully saturated rings. The van der Waals surface area contributed by atoms with Crippen molar-refractivity contribution in [1.29, 1.82) is 0 Å². The monoisotopic (exact) mass is 720 g/mol. The van der Waals surface area contributed by atoms with E-state index in [1.54, 1.807) is 71.0 Å². The van der Waals surface area contributed by atoms with Crippen LogP contribution in [0.4, 0.5) is 5.95 Å². The third kappa shape index (κ3) is 7.09. The highest BCUT2D eigenvalue weighted by atomic mass is 35.5. The molecule has 50 heavy (non-hydrogen) atoms. The molecule has 15 heteroatoms. The van der Waals surface area contributed by atoms with E-state index in [9.17, 15) is 9.59 Å². The number of aromatic nitrogens is 3. The highest BCUT2D eigenvalue weighted by molar-refractivity contribution is 7.91. The SMILES string of the molecule is O=C(CC1C[N+](c2ncc(-c3ccncc3)cn2)(S(=O)(=O)c2ccc3cc(Cl)ccc3c2)CC(CC(=O)N2CCOCC2)N1)N1CCOCC1. The summed E-state index contributed by atoms with van der Waals surface area (Å²) in [4.78, 5) is 44.3. The second kappa shape index (κ2) is 14.7. The molecule has 2 aromatic heterocycles. The second-order valence-corrected chi connectivity index (χ2v) is 15.4. The Morgan fingerprint density at radius 2 is 1.32 bits per heavy atom. The largest absolute Gasteiger partial charge is 0.378 e. The van der Waals surface area contributed by atoms with Crippen molar-refractivity contribution in [2.45, 2.75) is 29.8 Å². The minimum atomic E-state index is -4.30. The number of carbonyl (C=O) groups is 2. The summed E-state index contributed by atoms with van der Waals surface area (Å²) < 4.78 is 40.7. The van der Waals surface area contributed by atoms with Gasteiger partial charge in [-0.3, -0.25) is 14.6 Å². The summed E-state index contributed by atoms with van der Waals surface area (Å²) in [6.07, 6.45) is 6.61. The van der Waals surface area contributed by atoms with Gasteiger partial charge < -0.3 is 24.6 Å². The Morgan fingerprint density at radius 3 is 1.90 bits per heavy atom. The lowest BCUT2D eigenvalue weighted by Gasteiger charge is -2.44. The van der Waals surface area contributed by atoms with Crippen LogP contribution in [-0.2, 0) is 29.1 Å². The summed E-state index contributed by atoms with van der Waals surface area (Å²) in [5, 5.41) is 5.54. The smallest absolute Gasteiger partial charge is 0.344 e. The lowest BCUT2D eigenvalue weighted by Crippen LogP contribution is -2.71. The van der Waals surface area contributed by atoms with Crippen molar-refractivity contribution in [2.75, 3.05) is 65.7 Å². The first-order chi connectivity index (χ1) is 24.2. The molecule has 2 atom stereocenters. The van der Waals surface area contributed by atoms with Crippen molar-refractivity contribution in [1.82, 2.24) is 34.0 Å². The van der Waals surface area contributed by atoms with Crippen molar-refractivity contribution < 1.29 is 27.5 Å². The molecule has 2 unspecified atom stereocenters. The average Bonchev–Trinajstić information content (AvgIpc) is 3.15. The standard InChI is InChI=1S/C35H39ClN7O6S/c36-29-3-1-27-18-32(4-2-26(27)17-29)50(46,47)43(35-38-21-28(22-39-35)25-5-7-37-8-6-25)23-30(19-33(44)41-9-13-48-14-10-41)40-31(24-43)20-34(45)42-11-15-49-16-12-42/h1-8,17-18,21-22,30-31,40H,9-16,19-20,23-24H2/q+1. The van der Waals surface area contributed by atoms with E-state index in [0.29, 0.717) is 68.6 Å². The van der Waals surface area contributed by atoms with Crippen molar-refractivity contribution in [3.63, 3.8) is 0 Å². The molecule has 2 aromatic carbocycles. The van der Waals surface area contributed by atoms with Gasteiger partial charge in [0.05, 0.1) is 38.5 Å². The van der Waals surface area contributed by atoms with Gasteiger partial charge in [-0.05, 0) is 52.7 Å². The first-order valence-corrected chi connectivity index (χ1v) is 18.6. The van der Waals surface area contributed by atoms with Crippen LogP contribution < -0.4 is 9.21 Å². The van der Waals surface area contributed by atoms with E-state index in [4.69, 9.17) is 31.0 Å². The number of fused-ring (bicyclic) bond motifs is 1. The van der Waals surface area contributed by atoms with Crippen LogP contribution in [0.1, 0.15) is 12.8 Å². The summed E-state index contributed by atoms with van der Waals surface area (Å²) >= 11 is 6.23. The molecule has 0 bridgehead atoms. The fourth-order valence-electron chi connectivity index (χ4n) is 7.03. The van der Waals surface area contributed by atoms with Crippen molar-refractivity contribution >= 4 is 50.2 Å². The number of benzene rings is 2. The molecule has 0 spiro atoms. The Bertz CT molecular complexity index is 1920. The minimum Gasteiger partial charge on any atom is -0.378 e. The summed E-state index contributed by atoms with van der Waals surface area (Å²) in [6.45, 7) is 3.56. The zero-order chi connectivity index (χ0) is 34.7. The van der Waals surface area contributed by atoms with Crippen LogP contribution in [0.5, 0.6) is 0 Å². The van der Waals surface area contributed by atoms with E-state index < -0.39 is 26.0 Å². The summed E-state index contributed by atoms with van der Waals surface area (Å²) in [5.41, 5.74) is 1.53. The van der Waals surface area contributed by atoms with E-state index >= 15 is 8.42 Å². The average molecular weight is 721 g/mol. The van der Waals surface area contributed by atoms with Crippen LogP contribution in [0.25, 0.3) is 21.9 Å². The molecule has 3 aliphatic heterocycles. The lowest BCUT2D eigenvalue weighted by molar-refractivity contribution is -0.136. The number of hydrogen-bond acceptors (Lipinski definition) is 10. The maximum atomic E-state index is 15.2. The zero-order valence-electron chi connectivity index (χ0n) is 27.5. The van der Waals surface area contributed by atoms with Crippen LogP contribution in [-0.4, -0.2) is 123 Å². The number of nitrogens with one attached hydrogen (secondary N) is 1. The normalized spacial score (nSPS) is 23.1. The van der Waals surface area contributed by atoms with Crippen molar-refractivity contribution in [2.24, 2.45) is 0 Å². The number of hydrogen-bond donors (Lipinski definition) is 1. The Morgan fingerprint density at radius 1 is 0.780 bits per heavy atom. The zero-order valence-corrected chi connectivity index (χ0v) is 29.1. The predicted molar refractivity (Wildman–Crippen MR) is 188 cm³/mol. The fraction of sp³-hybridized carbons (Fsp3) is 0.400. The molecule has 7 rings (SSSR count). The molecule has 4 aromatic rings. The molecular weight excluding hydrogens is 682 g/mol. The van der Waals surface area contributed by atoms with E-state index in [1.807, 2.05) is 12.1 Å². The maximum Gasteiger partial charge on any atom is 0.344 e. The molecule has 2 amide bonds. The molecule has 13 nitrogen and oxygen atoms in total. The van der Waals surface area contributed by atoms with Gasteiger partial charge in [-0.1, -0.05) is 23.7 Å². The van der Waals surface area contributed by atoms with Gasteiger partial charge >= 0.3 is 16.0 Å². The summed E-state index contributed by atoms with van der Waals surface area (Å²) in [7, 11) is -4.30. The number of carbonyl (C=O) groups excluding carboxylic acids is 2. The molecule has 0 radical (unpaired) electrons. The molecule has 1 N–H and O–H groups in total. The van der Waals surface area contributed by atoms with Gasteiger partial charge in [0.2, 0.25) is 11.8 Å². The second-order valence-electron chi connectivity index (χ2n) is 12.8. The van der Waals surface area contributed by atoms with Crippen LogP contribution >= 0.6 is 11.6 Å². The van der Waals surface area contributed by atoms with Gasteiger partial charge in [0.1, 0.15) is 18.0 Å². The van der Waals surface area contributed by atoms with Crippen LogP contribution in [0.3, 0.4) is 0 Å². The number of piperazine rings is 1. The van der Waals surface area contributed by atoms with E-state index in [1.165, 1.54) is 0 Å². The van der Waals surface area contributed by atoms with Gasteiger partial charge in [0.25, 0.3) is 0 Å². The van der Waals surface area contributed by atoms with Crippen LogP contribution in [0, 0.1) is 0 Å². The van der Waals surface area contributed by atoms with Crippen LogP contribution in [0.15, 0.2) is 78.2 Å².